The van der Waals surface area contributed by atoms with Crippen molar-refractivity contribution in [2.45, 2.75) is 95.5 Å². The second-order valence-corrected chi connectivity index (χ2v) is 22.7. The number of aryl methyl sites for hydroxylation is 8. The Morgan fingerprint density at radius 1 is 0.520 bits per heavy atom. The number of rotatable bonds is 7. The van der Waals surface area contributed by atoms with E-state index in [1.54, 1.807) is 0 Å². The summed E-state index contributed by atoms with van der Waals surface area (Å²) in [5.74, 6) is -0.297. The maximum atomic E-state index is 12.3. The van der Waals surface area contributed by atoms with Gasteiger partial charge in [0.05, 0.1) is 29.9 Å². The first-order valence-corrected chi connectivity index (χ1v) is 28.6. The number of carbonyl (C=O) groups excluding carboxylic acids is 1. The van der Waals surface area contributed by atoms with Crippen molar-refractivity contribution in [2.75, 3.05) is 0 Å². The topological polar surface area (TPSA) is 136 Å². The Morgan fingerprint density at radius 3 is 1.53 bits per heavy atom. The molecule has 0 fully saturated rings. The van der Waals surface area contributed by atoms with Crippen molar-refractivity contribution in [1.82, 2.24) is 19.9 Å². The van der Waals surface area contributed by atoms with Crippen LogP contribution in [-0.4, -0.2) is 30.8 Å². The molecule has 0 saturated carbocycles. The molecule has 0 spiro atoms. The minimum absolute atomic E-state index is 0.00833. The zero-order chi connectivity index (χ0) is 52.7. The Labute approximate surface area is 478 Å². The van der Waals surface area contributed by atoms with E-state index < -0.39 is 6.10 Å². The SMILES string of the molecule is Clc1cc2c(cn1)CCC2.N#CC(c1cccc(Br)c1)c1cc2c(cn1)CCC2.N#CCc1cccc(Br)c1.O=C(c1cccc(Br)c1)c1cc2c(cn1)CCC2.OC(c1cccc(Br)c1)c1cc2c(cn1)CCC2. The minimum Gasteiger partial charge on any atom is -0.382 e. The molecule has 8 nitrogen and oxygen atoms in total. The molecular weight excluding hydrogens is 1220 g/mol. The monoisotopic (exact) mass is 1260 g/mol. The fourth-order valence-corrected chi connectivity index (χ4v) is 11.5. The number of pyridine rings is 4. The average molecular weight is 1270 g/mol. The molecule has 4 heterocycles. The third-order valence-electron chi connectivity index (χ3n) is 13.5. The Hall–Kier alpha value is -5.70. The van der Waals surface area contributed by atoms with Crippen LogP contribution in [-0.2, 0) is 57.8 Å². The number of ketones is 1. The van der Waals surface area contributed by atoms with Crippen LogP contribution < -0.4 is 0 Å². The maximum absolute atomic E-state index is 12.3. The van der Waals surface area contributed by atoms with Crippen LogP contribution in [0.25, 0.3) is 0 Å². The number of fused-ring (bicyclic) bond motifs is 4. The van der Waals surface area contributed by atoms with E-state index in [0.717, 1.165) is 84.5 Å². The summed E-state index contributed by atoms with van der Waals surface area (Å²) in [5.41, 5.74) is 16.5. The van der Waals surface area contributed by atoms with Gasteiger partial charge in [-0.1, -0.05) is 124 Å². The summed E-state index contributed by atoms with van der Waals surface area (Å²) in [6.07, 6.45) is 21.3. The molecule has 75 heavy (non-hydrogen) atoms. The van der Waals surface area contributed by atoms with Crippen molar-refractivity contribution < 1.29 is 9.90 Å². The summed E-state index contributed by atoms with van der Waals surface area (Å²) in [6.45, 7) is 0. The van der Waals surface area contributed by atoms with Gasteiger partial charge in [-0.15, -0.1) is 0 Å². The summed E-state index contributed by atoms with van der Waals surface area (Å²) in [5, 5.41) is 28.8. The highest BCUT2D eigenvalue weighted by Gasteiger charge is 2.21. The van der Waals surface area contributed by atoms with Gasteiger partial charge in [0.1, 0.15) is 22.9 Å². The fraction of sp³-hybridized carbons (Fsp3) is 0.242. The predicted molar refractivity (Wildman–Crippen MR) is 311 cm³/mol. The van der Waals surface area contributed by atoms with Crippen molar-refractivity contribution in [3.05, 3.63) is 253 Å². The molecule has 2 atom stereocenters. The van der Waals surface area contributed by atoms with Crippen LogP contribution in [0, 0.1) is 22.7 Å². The van der Waals surface area contributed by atoms with Gasteiger partial charge >= 0.3 is 0 Å². The van der Waals surface area contributed by atoms with Crippen LogP contribution in [0.15, 0.2) is 164 Å². The zero-order valence-electron chi connectivity index (χ0n) is 41.1. The number of hydrogen-bond acceptors (Lipinski definition) is 8. The highest BCUT2D eigenvalue weighted by molar-refractivity contribution is 9.11. The van der Waals surface area contributed by atoms with Gasteiger partial charge in [0.25, 0.3) is 0 Å². The summed E-state index contributed by atoms with van der Waals surface area (Å²) in [4.78, 5) is 29.5. The highest BCUT2D eigenvalue weighted by Crippen LogP contribution is 2.31. The first kappa shape index (κ1) is 55.5. The van der Waals surface area contributed by atoms with E-state index in [0.29, 0.717) is 22.8 Å². The van der Waals surface area contributed by atoms with Crippen molar-refractivity contribution in [2.24, 2.45) is 0 Å². The highest BCUT2D eigenvalue weighted by atomic mass is 79.9. The first-order valence-electron chi connectivity index (χ1n) is 25.0. The Morgan fingerprint density at radius 2 is 0.973 bits per heavy atom. The van der Waals surface area contributed by atoms with Gasteiger partial charge in [0, 0.05) is 48.2 Å². The van der Waals surface area contributed by atoms with E-state index in [9.17, 15) is 15.2 Å². The largest absolute Gasteiger partial charge is 0.382 e. The number of carbonyl (C=O) groups is 1. The number of benzene rings is 4. The number of aliphatic hydroxyl groups is 1. The van der Waals surface area contributed by atoms with Crippen LogP contribution in [0.5, 0.6) is 0 Å². The third-order valence-corrected chi connectivity index (χ3v) is 15.6. The molecule has 4 aliphatic carbocycles. The van der Waals surface area contributed by atoms with Crippen LogP contribution in [0.2, 0.25) is 5.15 Å². The molecule has 0 saturated heterocycles. The maximum Gasteiger partial charge on any atom is 0.211 e. The molecule has 2 unspecified atom stereocenters. The molecule has 378 valence electrons. The van der Waals surface area contributed by atoms with E-state index >= 15 is 0 Å². The summed E-state index contributed by atoms with van der Waals surface area (Å²) >= 11 is 19.3. The smallest absolute Gasteiger partial charge is 0.211 e. The lowest BCUT2D eigenvalue weighted by molar-refractivity contribution is 0.103. The average Bonchev–Trinajstić information content (AvgIpc) is 4.28. The third kappa shape index (κ3) is 15.5. The predicted octanol–water partition coefficient (Wildman–Crippen LogP) is 15.7. The molecule has 0 aliphatic heterocycles. The van der Waals surface area contributed by atoms with Gasteiger partial charge < -0.3 is 5.11 Å². The quantitative estimate of drug-likeness (QED) is 0.123. The normalized spacial score (nSPS) is 13.9. The second-order valence-electron chi connectivity index (χ2n) is 18.7. The van der Waals surface area contributed by atoms with Gasteiger partial charge in [0.2, 0.25) is 5.78 Å². The lowest BCUT2D eigenvalue weighted by Gasteiger charge is -2.12. The molecule has 12 rings (SSSR count). The van der Waals surface area contributed by atoms with Crippen LogP contribution in [0.1, 0.15) is 126 Å². The fourth-order valence-electron chi connectivity index (χ4n) is 9.61. The molecule has 0 amide bonds. The van der Waals surface area contributed by atoms with E-state index in [-0.39, 0.29) is 11.7 Å². The number of aromatic nitrogens is 4. The second kappa shape index (κ2) is 27.4. The van der Waals surface area contributed by atoms with Crippen LogP contribution in [0.4, 0.5) is 0 Å². The van der Waals surface area contributed by atoms with Gasteiger partial charge in [0.15, 0.2) is 0 Å². The van der Waals surface area contributed by atoms with Gasteiger partial charge in [-0.2, -0.15) is 10.5 Å². The number of nitrogens with zero attached hydrogens (tertiary/aromatic N) is 6. The van der Waals surface area contributed by atoms with Crippen LogP contribution in [0.3, 0.4) is 0 Å². The molecule has 13 heteroatoms. The molecule has 4 aromatic heterocycles. The van der Waals surface area contributed by atoms with E-state index in [2.05, 4.69) is 102 Å². The van der Waals surface area contributed by atoms with Crippen molar-refractivity contribution >= 4 is 81.1 Å². The number of halogens is 5. The lowest BCUT2D eigenvalue weighted by Crippen LogP contribution is -2.05. The number of hydrogen-bond donors (Lipinski definition) is 1. The van der Waals surface area contributed by atoms with Gasteiger partial charge in [-0.3, -0.25) is 19.7 Å². The van der Waals surface area contributed by atoms with E-state index in [1.165, 1.54) is 83.0 Å². The Bertz CT molecular complexity index is 3390. The zero-order valence-corrected chi connectivity index (χ0v) is 48.2. The van der Waals surface area contributed by atoms with Crippen molar-refractivity contribution in [3.8, 4) is 12.1 Å². The molecule has 1 N–H and O–H groups in total. The van der Waals surface area contributed by atoms with Gasteiger partial charge in [-0.25, -0.2) is 4.98 Å². The number of aliphatic hydroxyl groups excluding tert-OH is 1. The van der Waals surface area contributed by atoms with Crippen LogP contribution >= 0.6 is 75.3 Å². The summed E-state index contributed by atoms with van der Waals surface area (Å²) in [7, 11) is 0. The minimum atomic E-state index is -0.645. The van der Waals surface area contributed by atoms with E-state index in [1.807, 2.05) is 140 Å². The Balaban J connectivity index is 0.000000128. The van der Waals surface area contributed by atoms with Crippen molar-refractivity contribution in [1.29, 1.82) is 10.5 Å². The molecule has 4 aromatic carbocycles. The number of nitriles is 2. The Kier molecular flexibility index (Phi) is 20.3. The van der Waals surface area contributed by atoms with E-state index in [4.69, 9.17) is 16.9 Å². The standard InChI is InChI=1S/C16H13BrN2.C15H14BrNO.C15H12BrNO.C8H6BrN.C8H8ClN/c17-14-6-2-4-12(7-14)15(9-18)16-8-11-3-1-5-13(11)10-19-16;2*16-13-6-2-4-11(7-13)15(18)14-8-10-3-1-5-12(10)9-17-14;9-8-3-1-2-7(6-8)4-5-10;9-8-4-6-2-1-3-7(6)5-10-8/h2,4,6-8,10,15H,1,3,5H2;2,4,6-9,15,18H,1,3,5H2;2,4,6-9H,1,3,5H2;1-3,6H,4H2;4-5H,1-3H2. The van der Waals surface area contributed by atoms with Crippen molar-refractivity contribution in [3.63, 3.8) is 0 Å². The van der Waals surface area contributed by atoms with Gasteiger partial charge in [-0.05, 0) is 211 Å². The lowest BCUT2D eigenvalue weighted by atomic mass is 9.95. The molecule has 4 aliphatic rings. The first-order chi connectivity index (χ1) is 36.4. The summed E-state index contributed by atoms with van der Waals surface area (Å²) < 4.78 is 3.90. The molecule has 8 aromatic rings. The molecule has 0 radical (unpaired) electrons. The summed E-state index contributed by atoms with van der Waals surface area (Å²) in [6, 6.07) is 43.3. The molecular formula is C62H53Br4ClN6O2. The molecule has 0 bridgehead atoms.